The zero-order chi connectivity index (χ0) is 16.8. The van der Waals surface area contributed by atoms with Crippen molar-refractivity contribution in [2.24, 2.45) is 0 Å². The fourth-order valence-electron chi connectivity index (χ4n) is 2.50. The highest BCUT2D eigenvalue weighted by Gasteiger charge is 2.20. The summed E-state index contributed by atoms with van der Waals surface area (Å²) < 4.78 is 0. The number of piperazine rings is 1. The third kappa shape index (κ3) is 5.37. The van der Waals surface area contributed by atoms with Crippen molar-refractivity contribution in [3.8, 4) is 0 Å². The maximum atomic E-state index is 12.1. The van der Waals surface area contributed by atoms with E-state index in [2.05, 4.69) is 10.6 Å². The molecule has 1 aromatic rings. The molecule has 0 atom stereocenters. The van der Waals surface area contributed by atoms with Gasteiger partial charge in [0.15, 0.2) is 0 Å². The molecule has 0 aliphatic carbocycles. The van der Waals surface area contributed by atoms with Gasteiger partial charge in [-0.1, -0.05) is 6.07 Å². The molecule has 0 saturated carbocycles. The lowest BCUT2D eigenvalue weighted by Crippen LogP contribution is -2.49. The van der Waals surface area contributed by atoms with E-state index >= 15 is 0 Å². The maximum Gasteiger partial charge on any atom is 0.238 e. The Morgan fingerprint density at radius 2 is 1.61 bits per heavy atom. The van der Waals surface area contributed by atoms with Gasteiger partial charge in [-0.3, -0.25) is 19.3 Å². The smallest absolute Gasteiger partial charge is 0.238 e. The molecule has 1 aliphatic rings. The first-order chi connectivity index (χ1) is 10.9. The van der Waals surface area contributed by atoms with Gasteiger partial charge in [0.25, 0.3) is 0 Å². The first kappa shape index (κ1) is 17.0. The van der Waals surface area contributed by atoms with Gasteiger partial charge >= 0.3 is 0 Å². The molecule has 0 bridgehead atoms. The Kier molecular flexibility index (Phi) is 5.70. The second-order valence-electron chi connectivity index (χ2n) is 5.59. The van der Waals surface area contributed by atoms with Crippen LogP contribution in [0.1, 0.15) is 13.8 Å². The summed E-state index contributed by atoms with van der Waals surface area (Å²) in [6, 6.07) is 7.02. The molecule has 1 saturated heterocycles. The van der Waals surface area contributed by atoms with Gasteiger partial charge in [0.05, 0.1) is 6.54 Å². The van der Waals surface area contributed by atoms with Crippen LogP contribution in [0.4, 0.5) is 11.4 Å². The normalized spacial score (nSPS) is 15.1. The zero-order valence-corrected chi connectivity index (χ0v) is 13.5. The number of nitrogens with zero attached hydrogens (tertiary/aromatic N) is 2. The van der Waals surface area contributed by atoms with Crippen LogP contribution in [0, 0.1) is 0 Å². The fourth-order valence-corrected chi connectivity index (χ4v) is 2.50. The Bertz CT molecular complexity index is 595. The summed E-state index contributed by atoms with van der Waals surface area (Å²) in [6.07, 6.45) is 0. The van der Waals surface area contributed by atoms with Gasteiger partial charge in [0, 0.05) is 51.4 Å². The summed E-state index contributed by atoms with van der Waals surface area (Å²) in [5, 5.41) is 5.50. The van der Waals surface area contributed by atoms with E-state index in [0.717, 1.165) is 0 Å². The summed E-state index contributed by atoms with van der Waals surface area (Å²) >= 11 is 0. The number of amides is 3. The number of carbonyl (C=O) groups is 3. The van der Waals surface area contributed by atoms with Gasteiger partial charge < -0.3 is 15.5 Å². The number of rotatable bonds is 4. The maximum absolute atomic E-state index is 12.1. The van der Waals surface area contributed by atoms with Crippen LogP contribution in [0.2, 0.25) is 0 Å². The van der Waals surface area contributed by atoms with Crippen LogP contribution in [0.25, 0.3) is 0 Å². The summed E-state index contributed by atoms with van der Waals surface area (Å²) in [5.74, 6) is -0.193. The highest BCUT2D eigenvalue weighted by molar-refractivity contribution is 5.94. The minimum absolute atomic E-state index is 0.0730. The molecular formula is C16H22N4O3. The molecule has 0 radical (unpaired) electrons. The SMILES string of the molecule is CC(=O)Nc1cccc(NC(=O)CN2CCN(C(C)=O)CC2)c1. The predicted octanol–water partition coefficient (Wildman–Crippen LogP) is 0.748. The molecular weight excluding hydrogens is 296 g/mol. The second kappa shape index (κ2) is 7.73. The lowest BCUT2D eigenvalue weighted by Gasteiger charge is -2.33. The van der Waals surface area contributed by atoms with E-state index in [0.29, 0.717) is 37.6 Å². The molecule has 1 fully saturated rings. The van der Waals surface area contributed by atoms with Crippen molar-refractivity contribution in [1.29, 1.82) is 0 Å². The number of carbonyl (C=O) groups excluding carboxylic acids is 3. The van der Waals surface area contributed by atoms with Gasteiger partial charge in [0.2, 0.25) is 17.7 Å². The molecule has 1 aromatic carbocycles. The Morgan fingerprint density at radius 3 is 2.17 bits per heavy atom. The minimum atomic E-state index is -0.156. The average Bonchev–Trinajstić information content (AvgIpc) is 2.47. The standard InChI is InChI=1S/C16H22N4O3/c1-12(21)17-14-4-3-5-15(10-14)18-16(23)11-19-6-8-20(9-7-19)13(2)22/h3-5,10H,6-9,11H2,1-2H3,(H,17,21)(H,18,23). The lowest BCUT2D eigenvalue weighted by molar-refractivity contribution is -0.130. The van der Waals surface area contributed by atoms with E-state index in [1.54, 1.807) is 36.1 Å². The minimum Gasteiger partial charge on any atom is -0.340 e. The average molecular weight is 318 g/mol. The molecule has 23 heavy (non-hydrogen) atoms. The number of nitrogens with one attached hydrogen (secondary N) is 2. The molecule has 0 spiro atoms. The highest BCUT2D eigenvalue weighted by Crippen LogP contribution is 2.15. The second-order valence-corrected chi connectivity index (χ2v) is 5.59. The van der Waals surface area contributed by atoms with Crippen molar-refractivity contribution in [3.05, 3.63) is 24.3 Å². The van der Waals surface area contributed by atoms with Gasteiger partial charge in [-0.05, 0) is 18.2 Å². The predicted molar refractivity (Wildman–Crippen MR) is 88.1 cm³/mol. The van der Waals surface area contributed by atoms with Crippen molar-refractivity contribution in [1.82, 2.24) is 9.80 Å². The van der Waals surface area contributed by atoms with E-state index in [1.807, 2.05) is 4.90 Å². The summed E-state index contributed by atoms with van der Waals surface area (Å²) in [4.78, 5) is 38.2. The van der Waals surface area contributed by atoms with Crippen LogP contribution in [0.15, 0.2) is 24.3 Å². The first-order valence-corrected chi connectivity index (χ1v) is 7.59. The van der Waals surface area contributed by atoms with E-state index in [4.69, 9.17) is 0 Å². The lowest BCUT2D eigenvalue weighted by atomic mass is 10.2. The topological polar surface area (TPSA) is 81.8 Å². The number of hydrogen-bond donors (Lipinski definition) is 2. The summed E-state index contributed by atoms with van der Waals surface area (Å²) in [6.45, 7) is 5.98. The van der Waals surface area contributed by atoms with Crippen LogP contribution in [-0.2, 0) is 14.4 Å². The molecule has 2 rings (SSSR count). The Balaban J connectivity index is 1.83. The largest absolute Gasteiger partial charge is 0.340 e. The summed E-state index contributed by atoms with van der Waals surface area (Å²) in [5.41, 5.74) is 1.29. The van der Waals surface area contributed by atoms with E-state index < -0.39 is 0 Å². The fraction of sp³-hybridized carbons (Fsp3) is 0.438. The first-order valence-electron chi connectivity index (χ1n) is 7.59. The van der Waals surface area contributed by atoms with E-state index in [-0.39, 0.29) is 24.3 Å². The third-order valence-electron chi connectivity index (χ3n) is 3.65. The number of benzene rings is 1. The van der Waals surface area contributed by atoms with Crippen LogP contribution in [0.3, 0.4) is 0 Å². The Morgan fingerprint density at radius 1 is 1.00 bits per heavy atom. The van der Waals surface area contributed by atoms with Gasteiger partial charge in [-0.2, -0.15) is 0 Å². The quantitative estimate of drug-likeness (QED) is 0.858. The molecule has 124 valence electrons. The highest BCUT2D eigenvalue weighted by atomic mass is 16.2. The Labute approximate surface area is 135 Å². The molecule has 1 aliphatic heterocycles. The van der Waals surface area contributed by atoms with Crippen molar-refractivity contribution in [2.45, 2.75) is 13.8 Å². The van der Waals surface area contributed by atoms with E-state index in [1.165, 1.54) is 6.92 Å². The molecule has 3 amide bonds. The van der Waals surface area contributed by atoms with E-state index in [9.17, 15) is 14.4 Å². The Hall–Kier alpha value is -2.41. The third-order valence-corrected chi connectivity index (χ3v) is 3.65. The molecule has 7 nitrogen and oxygen atoms in total. The van der Waals surface area contributed by atoms with Crippen LogP contribution < -0.4 is 10.6 Å². The van der Waals surface area contributed by atoms with Crippen molar-refractivity contribution < 1.29 is 14.4 Å². The van der Waals surface area contributed by atoms with Crippen molar-refractivity contribution >= 4 is 29.1 Å². The number of anilines is 2. The van der Waals surface area contributed by atoms with Crippen LogP contribution in [-0.4, -0.2) is 60.2 Å². The molecule has 0 aromatic heterocycles. The monoisotopic (exact) mass is 318 g/mol. The van der Waals surface area contributed by atoms with Crippen molar-refractivity contribution in [3.63, 3.8) is 0 Å². The van der Waals surface area contributed by atoms with Gasteiger partial charge in [-0.25, -0.2) is 0 Å². The molecule has 1 heterocycles. The molecule has 0 unspecified atom stereocenters. The molecule has 7 heteroatoms. The van der Waals surface area contributed by atoms with Crippen LogP contribution in [0.5, 0.6) is 0 Å². The molecule has 2 N–H and O–H groups in total. The van der Waals surface area contributed by atoms with Gasteiger partial charge in [0.1, 0.15) is 0 Å². The van der Waals surface area contributed by atoms with Crippen LogP contribution >= 0.6 is 0 Å². The zero-order valence-electron chi connectivity index (χ0n) is 13.5. The van der Waals surface area contributed by atoms with Gasteiger partial charge in [-0.15, -0.1) is 0 Å². The number of hydrogen-bond acceptors (Lipinski definition) is 4. The van der Waals surface area contributed by atoms with Crippen molar-refractivity contribution in [2.75, 3.05) is 43.4 Å². The summed E-state index contributed by atoms with van der Waals surface area (Å²) in [7, 11) is 0.